The molecular formula is C5H8F3N. The van der Waals surface area contributed by atoms with E-state index in [1.54, 1.807) is 0 Å². The van der Waals surface area contributed by atoms with Gasteiger partial charge in [-0.1, -0.05) is 0 Å². The number of nitrogens with one attached hydrogen (secondary N) is 1. The van der Waals surface area contributed by atoms with Gasteiger partial charge in [-0.05, 0) is 0 Å². The predicted molar refractivity (Wildman–Crippen MR) is 27.3 cm³/mol. The number of halogens is 3. The molecule has 0 radical (unpaired) electrons. The van der Waals surface area contributed by atoms with Gasteiger partial charge in [-0.15, -0.1) is 0 Å². The van der Waals surface area contributed by atoms with Crippen LogP contribution in [0.15, 0.2) is 0 Å². The zero-order chi connectivity index (χ0) is 6.91. The molecule has 1 heterocycles. The number of hydrogen-bond acceptors (Lipinski definition) is 1. The van der Waals surface area contributed by atoms with E-state index in [-0.39, 0.29) is 13.1 Å². The smallest absolute Gasteiger partial charge is 0.241 e. The lowest BCUT2D eigenvalue weighted by atomic mass is 9.96. The summed E-state index contributed by atoms with van der Waals surface area (Å²) in [6, 6.07) is 0. The van der Waals surface area contributed by atoms with E-state index in [1.165, 1.54) is 0 Å². The summed E-state index contributed by atoms with van der Waals surface area (Å²) < 4.78 is 35.6. The minimum Gasteiger partial charge on any atom is -0.310 e. The van der Waals surface area contributed by atoms with Crippen molar-refractivity contribution in [3.8, 4) is 0 Å². The first-order chi connectivity index (χ1) is 4.12. The van der Waals surface area contributed by atoms with Gasteiger partial charge in [-0.2, -0.15) is 0 Å². The molecule has 0 atom stereocenters. The topological polar surface area (TPSA) is 12.0 Å². The van der Waals surface area contributed by atoms with E-state index in [4.69, 9.17) is 0 Å². The molecule has 1 nitrogen and oxygen atoms in total. The summed E-state index contributed by atoms with van der Waals surface area (Å²) in [5.74, 6) is 0. The van der Waals surface area contributed by atoms with Crippen LogP contribution in [0.25, 0.3) is 0 Å². The van der Waals surface area contributed by atoms with Crippen LogP contribution in [-0.2, 0) is 0 Å². The maximum Gasteiger partial charge on any atom is 0.241 e. The lowest BCUT2D eigenvalue weighted by Crippen LogP contribution is -2.57. The maximum absolute atomic E-state index is 12.6. The monoisotopic (exact) mass is 139 g/mol. The van der Waals surface area contributed by atoms with Crippen molar-refractivity contribution < 1.29 is 13.2 Å². The molecule has 1 aliphatic heterocycles. The third-order valence-corrected chi connectivity index (χ3v) is 1.40. The summed E-state index contributed by atoms with van der Waals surface area (Å²) in [5, 5.41) is 2.60. The molecule has 54 valence electrons. The fourth-order valence-electron chi connectivity index (χ4n) is 0.817. The summed E-state index contributed by atoms with van der Waals surface area (Å²) in [6.07, 6.45) is -3.14. The molecule has 1 saturated heterocycles. The third kappa shape index (κ3) is 1.58. The molecule has 1 N–H and O–H groups in total. The van der Waals surface area contributed by atoms with Crippen molar-refractivity contribution in [2.24, 2.45) is 0 Å². The molecule has 1 aliphatic rings. The van der Waals surface area contributed by atoms with Gasteiger partial charge >= 0.3 is 0 Å². The van der Waals surface area contributed by atoms with Gasteiger partial charge in [0.2, 0.25) is 6.43 Å². The summed E-state index contributed by atoms with van der Waals surface area (Å²) in [7, 11) is 0. The summed E-state index contributed by atoms with van der Waals surface area (Å²) in [4.78, 5) is 0. The van der Waals surface area contributed by atoms with Gasteiger partial charge in [0.1, 0.15) is 5.67 Å². The molecule has 0 aromatic heterocycles. The molecular weight excluding hydrogens is 131 g/mol. The molecule has 0 unspecified atom stereocenters. The van der Waals surface area contributed by atoms with Gasteiger partial charge in [0, 0.05) is 19.5 Å². The second-order valence-corrected chi connectivity index (χ2v) is 2.35. The van der Waals surface area contributed by atoms with Gasteiger partial charge in [0.05, 0.1) is 0 Å². The Morgan fingerprint density at radius 2 is 2.00 bits per heavy atom. The number of rotatable bonds is 2. The van der Waals surface area contributed by atoms with E-state index in [1.807, 2.05) is 0 Å². The Balaban J connectivity index is 2.24. The molecule has 0 aliphatic carbocycles. The highest BCUT2D eigenvalue weighted by Crippen LogP contribution is 2.24. The maximum atomic E-state index is 12.6. The minimum atomic E-state index is -2.52. The highest BCUT2D eigenvalue weighted by Gasteiger charge is 2.39. The van der Waals surface area contributed by atoms with E-state index in [0.29, 0.717) is 0 Å². The van der Waals surface area contributed by atoms with Crippen molar-refractivity contribution >= 4 is 0 Å². The Morgan fingerprint density at radius 1 is 1.44 bits per heavy atom. The second-order valence-electron chi connectivity index (χ2n) is 2.35. The Bertz CT molecular complexity index is 100. The largest absolute Gasteiger partial charge is 0.310 e. The van der Waals surface area contributed by atoms with Gasteiger partial charge in [0.25, 0.3) is 0 Å². The first kappa shape index (κ1) is 6.86. The average molecular weight is 139 g/mol. The van der Waals surface area contributed by atoms with Crippen LogP contribution in [0.3, 0.4) is 0 Å². The van der Waals surface area contributed by atoms with Crippen LogP contribution in [-0.4, -0.2) is 25.2 Å². The molecule has 0 aromatic carbocycles. The lowest BCUT2D eigenvalue weighted by molar-refractivity contribution is 0.00899. The van der Waals surface area contributed by atoms with Crippen molar-refractivity contribution in [1.82, 2.24) is 5.32 Å². The van der Waals surface area contributed by atoms with E-state index < -0.39 is 18.5 Å². The second kappa shape index (κ2) is 2.17. The predicted octanol–water partition coefficient (Wildman–Crippen LogP) is 0.953. The first-order valence-corrected chi connectivity index (χ1v) is 2.80. The van der Waals surface area contributed by atoms with Gasteiger partial charge in [0.15, 0.2) is 0 Å². The Morgan fingerprint density at radius 3 is 2.11 bits per heavy atom. The SMILES string of the molecule is FC(F)CC1(F)CNC1. The van der Waals surface area contributed by atoms with Crippen LogP contribution in [0.2, 0.25) is 0 Å². The third-order valence-electron chi connectivity index (χ3n) is 1.40. The van der Waals surface area contributed by atoms with E-state index >= 15 is 0 Å². The Hall–Kier alpha value is -0.250. The molecule has 0 amide bonds. The zero-order valence-electron chi connectivity index (χ0n) is 4.83. The van der Waals surface area contributed by atoms with Crippen LogP contribution >= 0.6 is 0 Å². The van der Waals surface area contributed by atoms with Crippen LogP contribution in [0.4, 0.5) is 13.2 Å². The molecule has 0 aromatic rings. The molecule has 0 saturated carbocycles. The van der Waals surface area contributed by atoms with Crippen LogP contribution in [0.5, 0.6) is 0 Å². The van der Waals surface area contributed by atoms with E-state index in [9.17, 15) is 13.2 Å². The van der Waals surface area contributed by atoms with Crippen LogP contribution in [0, 0.1) is 0 Å². The average Bonchev–Trinajstić information content (AvgIpc) is 1.60. The quantitative estimate of drug-likeness (QED) is 0.600. The van der Waals surface area contributed by atoms with Gasteiger partial charge in [-0.25, -0.2) is 13.2 Å². The Kier molecular flexibility index (Phi) is 1.66. The molecule has 1 rings (SSSR count). The van der Waals surface area contributed by atoms with Gasteiger partial charge < -0.3 is 5.32 Å². The summed E-state index contributed by atoms with van der Waals surface area (Å²) >= 11 is 0. The van der Waals surface area contributed by atoms with Crippen LogP contribution < -0.4 is 5.32 Å². The van der Waals surface area contributed by atoms with Crippen molar-refractivity contribution in [2.45, 2.75) is 18.5 Å². The molecule has 0 bridgehead atoms. The summed E-state index contributed by atoms with van der Waals surface area (Å²) in [5.41, 5.74) is -1.62. The molecule has 1 fully saturated rings. The van der Waals surface area contributed by atoms with Crippen molar-refractivity contribution in [3.63, 3.8) is 0 Å². The fraction of sp³-hybridized carbons (Fsp3) is 1.00. The fourth-order valence-corrected chi connectivity index (χ4v) is 0.817. The van der Waals surface area contributed by atoms with Gasteiger partial charge in [-0.3, -0.25) is 0 Å². The van der Waals surface area contributed by atoms with E-state index in [0.717, 1.165) is 0 Å². The zero-order valence-corrected chi connectivity index (χ0v) is 4.83. The molecule has 9 heavy (non-hydrogen) atoms. The number of alkyl halides is 3. The van der Waals surface area contributed by atoms with Crippen molar-refractivity contribution in [2.75, 3.05) is 13.1 Å². The highest BCUT2D eigenvalue weighted by molar-refractivity contribution is 4.93. The minimum absolute atomic E-state index is 0.0807. The number of hydrogen-bond donors (Lipinski definition) is 1. The highest BCUT2D eigenvalue weighted by atomic mass is 19.3. The van der Waals surface area contributed by atoms with Crippen molar-refractivity contribution in [1.29, 1.82) is 0 Å². The Labute approximate surface area is 51.2 Å². The first-order valence-electron chi connectivity index (χ1n) is 2.80. The van der Waals surface area contributed by atoms with Crippen LogP contribution in [0.1, 0.15) is 6.42 Å². The lowest BCUT2D eigenvalue weighted by Gasteiger charge is -2.34. The van der Waals surface area contributed by atoms with E-state index in [2.05, 4.69) is 5.32 Å². The molecule has 4 heteroatoms. The molecule has 0 spiro atoms. The standard InChI is InChI=1S/C5H8F3N/c6-4(7)1-5(8)2-9-3-5/h4,9H,1-3H2. The normalized spacial score (nSPS) is 24.0. The summed E-state index contributed by atoms with van der Waals surface area (Å²) in [6.45, 7) is 0.161. The van der Waals surface area contributed by atoms with Crippen molar-refractivity contribution in [3.05, 3.63) is 0 Å².